The first-order chi connectivity index (χ1) is 13.7. The van der Waals surface area contributed by atoms with Gasteiger partial charge in [0.25, 0.3) is 0 Å². The van der Waals surface area contributed by atoms with E-state index in [9.17, 15) is 4.79 Å². The number of nitrogens with zero attached hydrogens (tertiary/aromatic N) is 1. The Balaban J connectivity index is 1.59. The number of thiophene rings is 1. The number of nitrogens with one attached hydrogen (secondary N) is 2. The van der Waals surface area contributed by atoms with Crippen LogP contribution in [0.3, 0.4) is 0 Å². The molecule has 0 atom stereocenters. The lowest BCUT2D eigenvalue weighted by Gasteiger charge is -2.10. The molecule has 2 aromatic heterocycles. The van der Waals surface area contributed by atoms with Crippen LogP contribution in [0.4, 0.5) is 10.5 Å². The number of hydrogen-bond acceptors (Lipinski definition) is 3. The maximum Gasteiger partial charge on any atom is 0.319 e. The number of benzene rings is 2. The smallest absolute Gasteiger partial charge is 0.319 e. The van der Waals surface area contributed by atoms with Crippen molar-refractivity contribution in [3.63, 3.8) is 0 Å². The number of fused-ring (bicyclic) bond motifs is 1. The second-order valence-corrected chi connectivity index (χ2v) is 7.37. The predicted octanol–water partition coefficient (Wildman–Crippen LogP) is 5.24. The number of aryl methyl sites for hydroxylation is 1. The molecule has 142 valence electrons. The van der Waals surface area contributed by atoms with Gasteiger partial charge in [0.2, 0.25) is 0 Å². The summed E-state index contributed by atoms with van der Waals surface area (Å²) in [5.41, 5.74) is 4.09. The monoisotopic (exact) mass is 391 g/mol. The highest BCUT2D eigenvalue weighted by atomic mass is 32.1. The first-order valence-corrected chi connectivity index (χ1v) is 9.84. The molecule has 2 heterocycles. The van der Waals surface area contributed by atoms with Gasteiger partial charge in [-0.3, -0.25) is 0 Å². The van der Waals surface area contributed by atoms with Gasteiger partial charge >= 0.3 is 6.03 Å². The number of amides is 2. The molecule has 4 aromatic rings. The average Bonchev–Trinajstić information content (AvgIpc) is 3.33. The fourth-order valence-corrected chi connectivity index (χ4v) is 4.26. The highest BCUT2D eigenvalue weighted by Crippen LogP contribution is 2.35. The molecule has 0 fully saturated rings. The van der Waals surface area contributed by atoms with Crippen molar-refractivity contribution in [2.45, 2.75) is 6.54 Å². The van der Waals surface area contributed by atoms with Crippen molar-refractivity contribution in [1.82, 2.24) is 9.88 Å². The number of rotatable bonds is 5. The number of hydrogen-bond donors (Lipinski definition) is 2. The minimum absolute atomic E-state index is 0.252. The third-order valence-corrected chi connectivity index (χ3v) is 5.60. The van der Waals surface area contributed by atoms with Gasteiger partial charge in [0.1, 0.15) is 5.75 Å². The Bertz CT molecular complexity index is 1120. The molecule has 0 bridgehead atoms. The van der Waals surface area contributed by atoms with Gasteiger partial charge in [-0.15, -0.1) is 11.3 Å². The van der Waals surface area contributed by atoms with Crippen LogP contribution in [0.5, 0.6) is 5.75 Å². The van der Waals surface area contributed by atoms with Crippen LogP contribution in [-0.2, 0) is 13.6 Å². The molecular weight excluding hydrogens is 370 g/mol. The summed E-state index contributed by atoms with van der Waals surface area (Å²) in [5, 5.41) is 9.07. The van der Waals surface area contributed by atoms with E-state index in [1.54, 1.807) is 24.5 Å². The summed E-state index contributed by atoms with van der Waals surface area (Å²) in [5.74, 6) is 0.701. The number of ether oxygens (including phenoxy) is 1. The summed E-state index contributed by atoms with van der Waals surface area (Å²) in [6.45, 7) is 0.435. The van der Waals surface area contributed by atoms with Crippen LogP contribution in [-0.4, -0.2) is 17.7 Å². The van der Waals surface area contributed by atoms with Gasteiger partial charge in [0, 0.05) is 41.8 Å². The quantitative estimate of drug-likeness (QED) is 0.489. The zero-order chi connectivity index (χ0) is 19.5. The van der Waals surface area contributed by atoms with Crippen molar-refractivity contribution >= 4 is 34.0 Å². The van der Waals surface area contributed by atoms with Gasteiger partial charge in [-0.1, -0.05) is 30.3 Å². The van der Waals surface area contributed by atoms with Crippen molar-refractivity contribution in [2.24, 2.45) is 7.05 Å². The molecule has 0 aliphatic rings. The number of carbonyl (C=O) groups is 1. The van der Waals surface area contributed by atoms with E-state index in [1.807, 2.05) is 36.4 Å². The minimum Gasteiger partial charge on any atom is -0.497 e. The summed E-state index contributed by atoms with van der Waals surface area (Å²) in [4.78, 5) is 13.6. The Morgan fingerprint density at radius 3 is 2.75 bits per heavy atom. The third kappa shape index (κ3) is 3.46. The van der Waals surface area contributed by atoms with E-state index in [4.69, 9.17) is 4.74 Å². The maximum absolute atomic E-state index is 12.5. The maximum atomic E-state index is 12.5. The fourth-order valence-electron chi connectivity index (χ4n) is 3.42. The van der Waals surface area contributed by atoms with E-state index in [1.165, 1.54) is 4.88 Å². The van der Waals surface area contributed by atoms with Crippen LogP contribution in [0.2, 0.25) is 0 Å². The van der Waals surface area contributed by atoms with Gasteiger partial charge in [-0.05, 0) is 29.6 Å². The molecule has 0 aliphatic heterocycles. The van der Waals surface area contributed by atoms with Gasteiger partial charge in [0.15, 0.2) is 0 Å². The summed E-state index contributed by atoms with van der Waals surface area (Å²) in [6.07, 6.45) is 0. The zero-order valence-corrected chi connectivity index (χ0v) is 16.5. The Kier molecular flexibility index (Phi) is 5.04. The molecule has 0 spiro atoms. The van der Waals surface area contributed by atoms with E-state index in [0.29, 0.717) is 18.0 Å². The second kappa shape index (κ2) is 7.78. The summed E-state index contributed by atoms with van der Waals surface area (Å²) >= 11 is 1.70. The van der Waals surface area contributed by atoms with E-state index in [2.05, 4.69) is 45.8 Å². The van der Waals surface area contributed by atoms with Crippen LogP contribution in [0.1, 0.15) is 5.56 Å². The molecule has 6 heteroatoms. The second-order valence-electron chi connectivity index (χ2n) is 6.42. The zero-order valence-electron chi connectivity index (χ0n) is 15.7. The van der Waals surface area contributed by atoms with Gasteiger partial charge in [-0.2, -0.15) is 0 Å². The van der Waals surface area contributed by atoms with Crippen LogP contribution in [0.25, 0.3) is 21.5 Å². The molecule has 28 heavy (non-hydrogen) atoms. The van der Waals surface area contributed by atoms with Crippen LogP contribution in [0.15, 0.2) is 66.0 Å². The van der Waals surface area contributed by atoms with Crippen molar-refractivity contribution in [2.75, 3.05) is 12.4 Å². The molecule has 4 rings (SSSR count). The van der Waals surface area contributed by atoms with Crippen LogP contribution in [0, 0.1) is 0 Å². The van der Waals surface area contributed by atoms with Gasteiger partial charge in [-0.25, -0.2) is 4.79 Å². The third-order valence-electron chi connectivity index (χ3n) is 4.72. The van der Waals surface area contributed by atoms with Crippen molar-refractivity contribution in [3.8, 4) is 16.3 Å². The first kappa shape index (κ1) is 18.1. The molecule has 0 unspecified atom stereocenters. The molecule has 2 amide bonds. The molecule has 0 saturated heterocycles. The van der Waals surface area contributed by atoms with E-state index < -0.39 is 0 Å². The highest BCUT2D eigenvalue weighted by Gasteiger charge is 2.17. The van der Waals surface area contributed by atoms with Gasteiger partial charge in [0.05, 0.1) is 17.7 Å². The van der Waals surface area contributed by atoms with Crippen LogP contribution >= 0.6 is 11.3 Å². The first-order valence-electron chi connectivity index (χ1n) is 8.96. The Labute approximate surface area is 167 Å². The lowest BCUT2D eigenvalue weighted by molar-refractivity contribution is 0.252. The molecule has 0 aliphatic carbocycles. The number of anilines is 1. The lowest BCUT2D eigenvalue weighted by atomic mass is 10.1. The fraction of sp³-hybridized carbons (Fsp3) is 0.136. The molecule has 5 nitrogen and oxygen atoms in total. The SMILES string of the molecule is COc1cccc(NC(=O)NCc2c(-c3cccs3)n(C)c3ccccc23)c1. The van der Waals surface area contributed by atoms with Crippen molar-refractivity contribution in [3.05, 3.63) is 71.6 Å². The van der Waals surface area contributed by atoms with Gasteiger partial charge < -0.3 is 19.9 Å². The number of urea groups is 1. The summed E-state index contributed by atoms with van der Waals surface area (Å²) < 4.78 is 7.39. The highest BCUT2D eigenvalue weighted by molar-refractivity contribution is 7.13. The van der Waals surface area contributed by atoms with Crippen molar-refractivity contribution < 1.29 is 9.53 Å². The Hall–Kier alpha value is -3.25. The van der Waals surface area contributed by atoms with Crippen molar-refractivity contribution in [1.29, 1.82) is 0 Å². The van der Waals surface area contributed by atoms with Crippen LogP contribution < -0.4 is 15.4 Å². The van der Waals surface area contributed by atoms with E-state index >= 15 is 0 Å². The number of methoxy groups -OCH3 is 1. The molecule has 0 saturated carbocycles. The number of para-hydroxylation sites is 1. The summed E-state index contributed by atoms with van der Waals surface area (Å²) in [7, 11) is 3.67. The minimum atomic E-state index is -0.252. The Morgan fingerprint density at radius 2 is 1.96 bits per heavy atom. The number of aromatic nitrogens is 1. The largest absolute Gasteiger partial charge is 0.497 e. The molecule has 0 radical (unpaired) electrons. The topological polar surface area (TPSA) is 55.3 Å². The predicted molar refractivity (Wildman–Crippen MR) is 115 cm³/mol. The lowest BCUT2D eigenvalue weighted by Crippen LogP contribution is -2.28. The normalized spacial score (nSPS) is 10.8. The Morgan fingerprint density at radius 1 is 1.11 bits per heavy atom. The molecule has 2 N–H and O–H groups in total. The summed E-state index contributed by atoms with van der Waals surface area (Å²) in [6, 6.07) is 19.5. The van der Waals surface area contributed by atoms with E-state index in [-0.39, 0.29) is 6.03 Å². The number of carbonyl (C=O) groups excluding carboxylic acids is 1. The van der Waals surface area contributed by atoms with E-state index in [0.717, 1.165) is 22.2 Å². The average molecular weight is 391 g/mol. The molecule has 2 aromatic carbocycles. The standard InChI is InChI=1S/C22H21N3O2S/c1-25-19-10-4-3-9-17(19)18(21(25)20-11-6-12-28-20)14-23-22(26)24-15-7-5-8-16(13-15)27-2/h3-13H,14H2,1-2H3,(H2,23,24,26). The molecular formula is C22H21N3O2S.